The maximum absolute atomic E-state index is 12.7. The second-order valence-corrected chi connectivity index (χ2v) is 7.45. The lowest BCUT2D eigenvalue weighted by molar-refractivity contribution is -0.121. The van der Waals surface area contributed by atoms with Crippen molar-refractivity contribution in [3.63, 3.8) is 0 Å². The molecule has 0 bridgehead atoms. The second-order valence-electron chi connectivity index (χ2n) is 7.45. The number of carbonyl (C=O) groups is 2. The molecular formula is C21H26N6O4. The van der Waals surface area contributed by atoms with Crippen LogP contribution in [0.3, 0.4) is 0 Å². The molecule has 0 unspecified atom stereocenters. The summed E-state index contributed by atoms with van der Waals surface area (Å²) in [5.41, 5.74) is 4.57. The number of fused-ring (bicyclic) bond motifs is 1. The molecule has 10 nitrogen and oxygen atoms in total. The van der Waals surface area contributed by atoms with Crippen molar-refractivity contribution in [1.29, 1.82) is 0 Å². The number of rotatable bonds is 8. The summed E-state index contributed by atoms with van der Waals surface area (Å²) in [6.45, 7) is 5.65. The van der Waals surface area contributed by atoms with Crippen molar-refractivity contribution in [3.8, 4) is 0 Å². The molecule has 0 saturated heterocycles. The zero-order valence-corrected chi connectivity index (χ0v) is 17.8. The van der Waals surface area contributed by atoms with E-state index in [1.165, 1.54) is 4.68 Å². The molecule has 2 amide bonds. The molecule has 2 heterocycles. The van der Waals surface area contributed by atoms with Crippen molar-refractivity contribution in [1.82, 2.24) is 30.8 Å². The van der Waals surface area contributed by atoms with Gasteiger partial charge in [0.25, 0.3) is 11.5 Å². The smallest absolute Gasteiger partial charge is 0.290 e. The standard InChI is InChI=1S/C21H26N6O4/c1-4-8-16-22-18(31-26-16)12-7-11-17(28)23-24-20(29)19-14-9-5-6-10-15(14)21(30)27(25-19)13(2)3/h5-6,9-10,13H,4,7-8,11-12H2,1-3H3,(H,23,28)(H,24,29). The Morgan fingerprint density at radius 3 is 2.58 bits per heavy atom. The molecule has 3 rings (SSSR count). The van der Waals surface area contributed by atoms with Crippen molar-refractivity contribution >= 4 is 22.6 Å². The number of amides is 2. The molecule has 0 saturated carbocycles. The van der Waals surface area contributed by atoms with E-state index in [-0.39, 0.29) is 29.6 Å². The molecule has 0 aliphatic heterocycles. The lowest BCUT2D eigenvalue weighted by Gasteiger charge is -2.13. The van der Waals surface area contributed by atoms with Crippen LogP contribution >= 0.6 is 0 Å². The Hall–Kier alpha value is -3.56. The summed E-state index contributed by atoms with van der Waals surface area (Å²) in [6.07, 6.45) is 2.83. The summed E-state index contributed by atoms with van der Waals surface area (Å²) < 4.78 is 6.40. The third kappa shape index (κ3) is 5.33. The minimum absolute atomic E-state index is 0.0681. The number of benzene rings is 1. The first-order valence-corrected chi connectivity index (χ1v) is 10.3. The summed E-state index contributed by atoms with van der Waals surface area (Å²) in [6, 6.07) is 6.54. The number of nitrogens with one attached hydrogen (secondary N) is 2. The van der Waals surface area contributed by atoms with Gasteiger partial charge < -0.3 is 4.52 Å². The summed E-state index contributed by atoms with van der Waals surface area (Å²) >= 11 is 0. The van der Waals surface area contributed by atoms with Crippen molar-refractivity contribution in [2.45, 2.75) is 58.9 Å². The zero-order chi connectivity index (χ0) is 22.4. The molecule has 0 fully saturated rings. The molecule has 0 atom stereocenters. The van der Waals surface area contributed by atoms with Crippen LogP contribution in [0.2, 0.25) is 0 Å². The van der Waals surface area contributed by atoms with E-state index in [0.29, 0.717) is 35.3 Å². The van der Waals surface area contributed by atoms with Gasteiger partial charge in [0, 0.05) is 24.6 Å². The third-order valence-electron chi connectivity index (χ3n) is 4.63. The number of aryl methyl sites for hydroxylation is 2. The molecule has 2 N–H and O–H groups in total. The Labute approximate surface area is 179 Å². The van der Waals surface area contributed by atoms with Crippen LogP contribution in [0.15, 0.2) is 33.6 Å². The quantitative estimate of drug-likeness (QED) is 0.527. The highest BCUT2D eigenvalue weighted by molar-refractivity contribution is 6.05. The Morgan fingerprint density at radius 2 is 1.87 bits per heavy atom. The molecule has 0 spiro atoms. The fraction of sp³-hybridized carbons (Fsp3) is 0.429. The maximum Gasteiger partial charge on any atom is 0.290 e. The van der Waals surface area contributed by atoms with Crippen LogP contribution in [-0.2, 0) is 17.6 Å². The molecule has 164 valence electrons. The van der Waals surface area contributed by atoms with Gasteiger partial charge in [0.2, 0.25) is 11.8 Å². The zero-order valence-electron chi connectivity index (χ0n) is 17.8. The minimum atomic E-state index is -0.597. The Balaban J connectivity index is 1.60. The van der Waals surface area contributed by atoms with Crippen LogP contribution in [0.4, 0.5) is 0 Å². The lowest BCUT2D eigenvalue weighted by atomic mass is 10.1. The molecular weight excluding hydrogens is 400 g/mol. The highest BCUT2D eigenvalue weighted by Gasteiger charge is 2.18. The first-order valence-electron chi connectivity index (χ1n) is 10.3. The predicted molar refractivity (Wildman–Crippen MR) is 113 cm³/mol. The average Bonchev–Trinajstić information content (AvgIpc) is 3.20. The van der Waals surface area contributed by atoms with Gasteiger partial charge in [0.1, 0.15) is 0 Å². The highest BCUT2D eigenvalue weighted by Crippen LogP contribution is 2.14. The first kappa shape index (κ1) is 22.1. The normalized spacial score (nSPS) is 11.1. The van der Waals surface area contributed by atoms with Gasteiger partial charge in [-0.05, 0) is 32.8 Å². The van der Waals surface area contributed by atoms with Crippen molar-refractivity contribution in [2.24, 2.45) is 0 Å². The van der Waals surface area contributed by atoms with Gasteiger partial charge in [0.15, 0.2) is 11.5 Å². The van der Waals surface area contributed by atoms with E-state index in [4.69, 9.17) is 4.52 Å². The van der Waals surface area contributed by atoms with Crippen LogP contribution in [-0.4, -0.2) is 31.7 Å². The summed E-state index contributed by atoms with van der Waals surface area (Å²) in [5.74, 6) is 0.201. The number of hydrazine groups is 1. The van der Waals surface area contributed by atoms with Crippen LogP contribution < -0.4 is 16.4 Å². The lowest BCUT2D eigenvalue weighted by Crippen LogP contribution is -2.42. The fourth-order valence-corrected chi connectivity index (χ4v) is 3.09. The molecule has 0 radical (unpaired) electrons. The van der Waals surface area contributed by atoms with E-state index < -0.39 is 5.91 Å². The van der Waals surface area contributed by atoms with Gasteiger partial charge in [-0.3, -0.25) is 25.2 Å². The summed E-state index contributed by atoms with van der Waals surface area (Å²) in [5, 5.41) is 8.90. The van der Waals surface area contributed by atoms with Gasteiger partial charge in [-0.1, -0.05) is 30.3 Å². The Morgan fingerprint density at radius 1 is 1.13 bits per heavy atom. The van der Waals surface area contributed by atoms with Crippen molar-refractivity contribution < 1.29 is 14.1 Å². The molecule has 0 aliphatic rings. The number of hydrogen-bond acceptors (Lipinski definition) is 7. The molecule has 10 heteroatoms. The number of nitrogens with zero attached hydrogens (tertiary/aromatic N) is 4. The fourth-order valence-electron chi connectivity index (χ4n) is 3.09. The molecule has 3 aromatic rings. The number of hydrogen-bond donors (Lipinski definition) is 2. The van der Waals surface area contributed by atoms with E-state index in [0.717, 1.165) is 12.8 Å². The minimum Gasteiger partial charge on any atom is -0.339 e. The highest BCUT2D eigenvalue weighted by atomic mass is 16.5. The Kier molecular flexibility index (Phi) is 7.11. The summed E-state index contributed by atoms with van der Waals surface area (Å²) in [4.78, 5) is 41.6. The van der Waals surface area contributed by atoms with Crippen molar-refractivity contribution in [2.75, 3.05) is 0 Å². The van der Waals surface area contributed by atoms with Crippen LogP contribution in [0.5, 0.6) is 0 Å². The van der Waals surface area contributed by atoms with E-state index in [1.807, 2.05) is 6.92 Å². The van der Waals surface area contributed by atoms with E-state index in [1.54, 1.807) is 38.1 Å². The van der Waals surface area contributed by atoms with Gasteiger partial charge in [-0.15, -0.1) is 0 Å². The van der Waals surface area contributed by atoms with Gasteiger partial charge in [0.05, 0.1) is 11.4 Å². The molecule has 1 aromatic carbocycles. The molecule has 31 heavy (non-hydrogen) atoms. The number of aromatic nitrogens is 4. The Bertz CT molecular complexity index is 1130. The van der Waals surface area contributed by atoms with Crippen molar-refractivity contribution in [3.05, 3.63) is 52.0 Å². The van der Waals surface area contributed by atoms with E-state index in [2.05, 4.69) is 26.1 Å². The molecule has 0 aliphatic carbocycles. The summed E-state index contributed by atoms with van der Waals surface area (Å²) in [7, 11) is 0. The van der Waals surface area contributed by atoms with Crippen LogP contribution in [0, 0.1) is 0 Å². The van der Waals surface area contributed by atoms with Gasteiger partial charge >= 0.3 is 0 Å². The second kappa shape index (κ2) is 9.96. The molecule has 2 aromatic heterocycles. The van der Waals surface area contributed by atoms with E-state index >= 15 is 0 Å². The third-order valence-corrected chi connectivity index (χ3v) is 4.63. The predicted octanol–water partition coefficient (Wildman–Crippen LogP) is 2.10. The first-order chi connectivity index (χ1) is 14.9. The monoisotopic (exact) mass is 426 g/mol. The van der Waals surface area contributed by atoms with E-state index in [9.17, 15) is 14.4 Å². The number of carbonyl (C=O) groups excluding carboxylic acids is 2. The van der Waals surface area contributed by atoms with Gasteiger partial charge in [-0.2, -0.15) is 10.1 Å². The maximum atomic E-state index is 12.7. The van der Waals surface area contributed by atoms with Crippen LogP contribution in [0.1, 0.15) is 68.3 Å². The largest absolute Gasteiger partial charge is 0.339 e. The average molecular weight is 426 g/mol. The van der Waals surface area contributed by atoms with Gasteiger partial charge in [-0.25, -0.2) is 4.68 Å². The SMILES string of the molecule is CCCc1noc(CCCC(=O)NNC(=O)c2nn(C(C)C)c(=O)c3ccccc23)n1. The topological polar surface area (TPSA) is 132 Å². The van der Waals surface area contributed by atoms with Crippen LogP contribution in [0.25, 0.3) is 10.8 Å².